The Bertz CT molecular complexity index is 919. The van der Waals surface area contributed by atoms with Crippen LogP contribution in [0.2, 0.25) is 0 Å². The highest BCUT2D eigenvalue weighted by atomic mass is 15.1. The summed E-state index contributed by atoms with van der Waals surface area (Å²) in [5.74, 6) is 0.448. The van der Waals surface area contributed by atoms with Crippen LogP contribution in [0.15, 0.2) is 79.4 Å². The second-order valence-corrected chi connectivity index (χ2v) is 11.7. The molecule has 3 aromatic rings. The minimum absolute atomic E-state index is 0.437. The van der Waals surface area contributed by atoms with Crippen molar-refractivity contribution in [1.29, 1.82) is 0 Å². The number of hydrogen-bond donors (Lipinski definition) is 0. The lowest BCUT2D eigenvalue weighted by atomic mass is 9.83. The quantitative estimate of drug-likeness (QED) is 0.112. The lowest BCUT2D eigenvalue weighted by Gasteiger charge is -2.29. The van der Waals surface area contributed by atoms with Crippen LogP contribution >= 0.6 is 0 Å². The minimum Gasteiger partial charge on any atom is -0.334 e. The molecular weight excluding hydrogens is 472 g/mol. The van der Waals surface area contributed by atoms with Crippen molar-refractivity contribution in [3.8, 4) is 0 Å². The number of imidazole rings is 1. The molecule has 39 heavy (non-hydrogen) atoms. The van der Waals surface area contributed by atoms with Crippen LogP contribution in [0.1, 0.15) is 146 Å². The molecule has 2 heteroatoms. The number of unbranched alkanes of at least 4 members (excludes halogenated alkanes) is 16. The van der Waals surface area contributed by atoms with E-state index in [2.05, 4.69) is 83.3 Å². The predicted octanol–water partition coefficient (Wildman–Crippen LogP) is 11.5. The molecule has 0 saturated heterocycles. The summed E-state index contributed by atoms with van der Waals surface area (Å²) < 4.78 is 2.37. The van der Waals surface area contributed by atoms with Crippen LogP contribution in [0.5, 0.6) is 0 Å². The Morgan fingerprint density at radius 3 is 1.56 bits per heavy atom. The molecule has 1 heterocycles. The van der Waals surface area contributed by atoms with Gasteiger partial charge in [-0.2, -0.15) is 0 Å². The van der Waals surface area contributed by atoms with E-state index in [0.717, 1.165) is 6.42 Å². The molecular formula is C37H56N2. The van der Waals surface area contributed by atoms with Crippen LogP contribution in [0.25, 0.3) is 0 Å². The Kier molecular flexibility index (Phi) is 16.4. The summed E-state index contributed by atoms with van der Waals surface area (Å²) in [5.41, 5.74) is 2.85. The third-order valence-electron chi connectivity index (χ3n) is 8.50. The zero-order valence-electron chi connectivity index (χ0n) is 25.0. The predicted molar refractivity (Wildman–Crippen MR) is 169 cm³/mol. The van der Waals surface area contributed by atoms with E-state index in [-0.39, 0.29) is 0 Å². The molecule has 0 aliphatic rings. The maximum Gasteiger partial charge on any atom is 0.0948 e. The molecule has 0 bridgehead atoms. The van der Waals surface area contributed by atoms with Crippen LogP contribution in [-0.4, -0.2) is 9.55 Å². The summed E-state index contributed by atoms with van der Waals surface area (Å²) in [6.45, 7) is 2.30. The van der Waals surface area contributed by atoms with Crippen molar-refractivity contribution >= 4 is 0 Å². The third-order valence-corrected chi connectivity index (χ3v) is 8.50. The van der Waals surface area contributed by atoms with Crippen molar-refractivity contribution in [1.82, 2.24) is 9.55 Å². The number of benzene rings is 2. The summed E-state index contributed by atoms with van der Waals surface area (Å²) in [6, 6.07) is 22.6. The largest absolute Gasteiger partial charge is 0.334 e. The summed E-state index contributed by atoms with van der Waals surface area (Å²) in [5, 5.41) is 0. The zero-order chi connectivity index (χ0) is 27.2. The average molecular weight is 529 g/mol. The van der Waals surface area contributed by atoms with Gasteiger partial charge in [-0.05, 0) is 24.0 Å². The van der Waals surface area contributed by atoms with E-state index in [1.807, 2.05) is 12.5 Å². The van der Waals surface area contributed by atoms with Crippen LogP contribution in [0, 0.1) is 0 Å². The van der Waals surface area contributed by atoms with E-state index in [1.165, 1.54) is 127 Å². The van der Waals surface area contributed by atoms with Gasteiger partial charge in [0.2, 0.25) is 0 Å². The van der Waals surface area contributed by atoms with Crippen molar-refractivity contribution in [2.75, 3.05) is 0 Å². The maximum absolute atomic E-state index is 4.42. The molecule has 2 nitrogen and oxygen atoms in total. The molecule has 3 rings (SSSR count). The van der Waals surface area contributed by atoms with Gasteiger partial charge in [-0.15, -0.1) is 0 Å². The van der Waals surface area contributed by atoms with E-state index in [0.29, 0.717) is 12.0 Å². The number of aromatic nitrogens is 2. The molecule has 0 saturated carbocycles. The van der Waals surface area contributed by atoms with Crippen molar-refractivity contribution in [2.45, 2.75) is 141 Å². The lowest BCUT2D eigenvalue weighted by Crippen LogP contribution is -2.19. The molecule has 2 aromatic carbocycles. The van der Waals surface area contributed by atoms with Gasteiger partial charge in [0.25, 0.3) is 0 Å². The average Bonchev–Trinajstić information content (AvgIpc) is 3.52. The molecule has 0 amide bonds. The van der Waals surface area contributed by atoms with Gasteiger partial charge >= 0.3 is 0 Å². The molecule has 2 atom stereocenters. The number of nitrogens with zero attached hydrogens (tertiary/aromatic N) is 2. The highest BCUT2D eigenvalue weighted by Crippen LogP contribution is 2.36. The van der Waals surface area contributed by atoms with Gasteiger partial charge in [-0.3, -0.25) is 0 Å². The molecule has 214 valence electrons. The Balaban J connectivity index is 1.32. The van der Waals surface area contributed by atoms with Gasteiger partial charge in [-0.25, -0.2) is 4.98 Å². The summed E-state index contributed by atoms with van der Waals surface area (Å²) in [4.78, 5) is 4.42. The van der Waals surface area contributed by atoms with Gasteiger partial charge in [-0.1, -0.05) is 177 Å². The van der Waals surface area contributed by atoms with Crippen LogP contribution in [-0.2, 0) is 6.42 Å². The second kappa shape index (κ2) is 20.5. The monoisotopic (exact) mass is 528 g/mol. The molecule has 0 aliphatic heterocycles. The van der Waals surface area contributed by atoms with Crippen LogP contribution in [0.4, 0.5) is 0 Å². The highest BCUT2D eigenvalue weighted by Gasteiger charge is 2.24. The molecule has 2 unspecified atom stereocenters. The Morgan fingerprint density at radius 2 is 1.08 bits per heavy atom. The molecule has 0 radical (unpaired) electrons. The van der Waals surface area contributed by atoms with Crippen molar-refractivity contribution < 1.29 is 0 Å². The second-order valence-electron chi connectivity index (χ2n) is 11.7. The molecule has 0 fully saturated rings. The standard InChI is InChI=1S/C37H56N2/c1-2-3-4-5-6-7-8-9-10-11-12-13-14-15-16-17-24-29-37(39-31-30-38-33-39)36(35-27-22-19-23-28-35)32-34-25-20-18-21-26-34/h18-23,25-28,30-31,33,36-37H,2-17,24,29,32H2,1H3. The summed E-state index contributed by atoms with van der Waals surface area (Å²) >= 11 is 0. The third kappa shape index (κ3) is 13.0. The fourth-order valence-corrected chi connectivity index (χ4v) is 6.15. The van der Waals surface area contributed by atoms with Gasteiger partial charge in [0.05, 0.1) is 6.33 Å². The smallest absolute Gasteiger partial charge is 0.0948 e. The number of hydrogen-bond acceptors (Lipinski definition) is 1. The minimum atomic E-state index is 0.437. The Hall–Kier alpha value is -2.35. The Morgan fingerprint density at radius 1 is 0.590 bits per heavy atom. The first kappa shape index (κ1) is 31.2. The maximum atomic E-state index is 4.42. The van der Waals surface area contributed by atoms with Crippen molar-refractivity contribution in [3.05, 3.63) is 90.5 Å². The van der Waals surface area contributed by atoms with Crippen molar-refractivity contribution in [2.24, 2.45) is 0 Å². The van der Waals surface area contributed by atoms with E-state index in [4.69, 9.17) is 0 Å². The first-order chi connectivity index (χ1) is 19.4. The fraction of sp³-hybridized carbons (Fsp3) is 0.595. The van der Waals surface area contributed by atoms with Gasteiger partial charge < -0.3 is 4.57 Å². The lowest BCUT2D eigenvalue weighted by molar-refractivity contribution is 0.366. The van der Waals surface area contributed by atoms with E-state index < -0.39 is 0 Å². The highest BCUT2D eigenvalue weighted by molar-refractivity contribution is 5.25. The van der Waals surface area contributed by atoms with E-state index in [9.17, 15) is 0 Å². The Labute approximate surface area is 240 Å². The number of rotatable bonds is 23. The fourth-order valence-electron chi connectivity index (χ4n) is 6.15. The molecule has 1 aromatic heterocycles. The normalized spacial score (nSPS) is 12.9. The topological polar surface area (TPSA) is 17.8 Å². The summed E-state index contributed by atoms with van der Waals surface area (Å²) in [7, 11) is 0. The molecule has 0 aliphatic carbocycles. The molecule has 0 N–H and O–H groups in total. The molecule has 0 spiro atoms. The van der Waals surface area contributed by atoms with Crippen LogP contribution in [0.3, 0.4) is 0 Å². The van der Waals surface area contributed by atoms with Gasteiger partial charge in [0.1, 0.15) is 0 Å². The SMILES string of the molecule is CCCCCCCCCCCCCCCCCCCC(C(Cc1ccccc1)c1ccccc1)n1ccnc1. The van der Waals surface area contributed by atoms with Crippen LogP contribution < -0.4 is 0 Å². The zero-order valence-corrected chi connectivity index (χ0v) is 25.0. The van der Waals surface area contributed by atoms with E-state index in [1.54, 1.807) is 0 Å². The summed E-state index contributed by atoms with van der Waals surface area (Å²) in [6.07, 6.45) is 32.5. The first-order valence-corrected chi connectivity index (χ1v) is 16.4. The first-order valence-electron chi connectivity index (χ1n) is 16.4. The van der Waals surface area contributed by atoms with E-state index >= 15 is 0 Å². The van der Waals surface area contributed by atoms with Crippen molar-refractivity contribution in [3.63, 3.8) is 0 Å². The van der Waals surface area contributed by atoms with Gasteiger partial charge in [0, 0.05) is 24.4 Å². The van der Waals surface area contributed by atoms with Gasteiger partial charge in [0.15, 0.2) is 0 Å².